The molecule has 1 heterocycles. The molecule has 0 N–H and O–H groups in total. The van der Waals surface area contributed by atoms with Gasteiger partial charge < -0.3 is 4.74 Å². The van der Waals surface area contributed by atoms with Crippen LogP contribution in [0, 0.1) is 11.3 Å². The lowest BCUT2D eigenvalue weighted by Gasteiger charge is -2.32. The van der Waals surface area contributed by atoms with Gasteiger partial charge in [-0.1, -0.05) is 12.1 Å². The van der Waals surface area contributed by atoms with Crippen molar-refractivity contribution in [3.8, 4) is 11.8 Å². The van der Waals surface area contributed by atoms with Crippen molar-refractivity contribution >= 4 is 0 Å². The zero-order chi connectivity index (χ0) is 11.8. The van der Waals surface area contributed by atoms with Crippen molar-refractivity contribution in [3.63, 3.8) is 0 Å². The van der Waals surface area contributed by atoms with Crippen LogP contribution in [0.4, 0.5) is 0 Å². The average Bonchev–Trinajstić information content (AvgIpc) is 2.26. The van der Waals surface area contributed by atoms with Crippen molar-refractivity contribution in [2.45, 2.75) is 45.1 Å². The Hall–Kier alpha value is -1.49. The van der Waals surface area contributed by atoms with E-state index in [0.29, 0.717) is 0 Å². The molecule has 0 fully saturated rings. The average molecular weight is 215 g/mol. The van der Waals surface area contributed by atoms with Crippen LogP contribution in [0.5, 0.6) is 5.75 Å². The third-order valence-corrected chi connectivity index (χ3v) is 3.16. The molecule has 2 heteroatoms. The molecule has 1 aromatic rings. The van der Waals surface area contributed by atoms with Gasteiger partial charge in [-0.05, 0) is 50.8 Å². The van der Waals surface area contributed by atoms with Gasteiger partial charge in [0, 0.05) is 0 Å². The minimum absolute atomic E-state index is 0.0414. The topological polar surface area (TPSA) is 33.0 Å². The highest BCUT2D eigenvalue weighted by Gasteiger charge is 2.26. The van der Waals surface area contributed by atoms with E-state index in [9.17, 15) is 0 Å². The van der Waals surface area contributed by atoms with Crippen LogP contribution in [0.2, 0.25) is 0 Å². The molecule has 1 atom stereocenters. The molecule has 0 unspecified atom stereocenters. The van der Waals surface area contributed by atoms with Gasteiger partial charge in [-0.15, -0.1) is 0 Å². The Balaban J connectivity index is 2.32. The normalized spacial score (nSPS) is 19.1. The van der Waals surface area contributed by atoms with Gasteiger partial charge in [0.15, 0.2) is 0 Å². The second-order valence-corrected chi connectivity index (χ2v) is 5.08. The molecule has 2 rings (SSSR count). The van der Waals surface area contributed by atoms with Crippen LogP contribution in [0.25, 0.3) is 0 Å². The van der Waals surface area contributed by atoms with E-state index in [1.165, 1.54) is 5.56 Å². The van der Waals surface area contributed by atoms with Gasteiger partial charge in [-0.3, -0.25) is 0 Å². The molecule has 0 spiro atoms. The van der Waals surface area contributed by atoms with Gasteiger partial charge in [-0.25, -0.2) is 0 Å². The third kappa shape index (κ3) is 2.04. The monoisotopic (exact) mass is 215 g/mol. The van der Waals surface area contributed by atoms with Crippen LogP contribution in [0.15, 0.2) is 18.2 Å². The highest BCUT2D eigenvalue weighted by molar-refractivity contribution is 5.41. The van der Waals surface area contributed by atoms with Crippen molar-refractivity contribution < 1.29 is 4.74 Å². The molecule has 0 radical (unpaired) electrons. The first-order chi connectivity index (χ1) is 7.52. The van der Waals surface area contributed by atoms with Crippen molar-refractivity contribution in [1.82, 2.24) is 0 Å². The number of nitriles is 1. The molecule has 16 heavy (non-hydrogen) atoms. The largest absolute Gasteiger partial charge is 0.488 e. The van der Waals surface area contributed by atoms with Crippen LogP contribution in [0.3, 0.4) is 0 Å². The molecule has 84 valence electrons. The predicted octanol–water partition coefficient (Wildman–Crippen LogP) is 3.42. The second kappa shape index (κ2) is 3.83. The number of fused-ring (bicyclic) bond motifs is 1. The molecule has 1 aliphatic rings. The first-order valence-corrected chi connectivity index (χ1v) is 5.73. The fraction of sp³-hybridized carbons (Fsp3) is 0.500. The van der Waals surface area contributed by atoms with Gasteiger partial charge in [-0.2, -0.15) is 5.26 Å². The summed E-state index contributed by atoms with van der Waals surface area (Å²) in [6, 6.07) is 8.37. The Morgan fingerprint density at radius 1 is 1.44 bits per heavy atom. The van der Waals surface area contributed by atoms with Crippen molar-refractivity contribution in [2.75, 3.05) is 0 Å². The molecule has 0 aliphatic carbocycles. The van der Waals surface area contributed by atoms with E-state index >= 15 is 0 Å². The molecule has 2 nitrogen and oxygen atoms in total. The molecule has 0 aromatic heterocycles. The molecule has 1 aromatic carbocycles. The van der Waals surface area contributed by atoms with Gasteiger partial charge >= 0.3 is 0 Å². The first-order valence-electron chi connectivity index (χ1n) is 5.73. The minimum atomic E-state index is -0.0602. The molecule has 0 saturated heterocycles. The van der Waals surface area contributed by atoms with Crippen LogP contribution in [0.1, 0.15) is 44.2 Å². The summed E-state index contributed by atoms with van der Waals surface area (Å²) in [4.78, 5) is 0. The number of aryl methyl sites for hydroxylation is 1. The van der Waals surface area contributed by atoms with E-state index in [2.05, 4.69) is 26.0 Å². The third-order valence-electron chi connectivity index (χ3n) is 3.16. The highest BCUT2D eigenvalue weighted by atomic mass is 16.5. The first kappa shape index (κ1) is 11.0. The fourth-order valence-electron chi connectivity index (χ4n) is 2.02. The zero-order valence-electron chi connectivity index (χ0n) is 10.1. The Morgan fingerprint density at radius 3 is 2.88 bits per heavy atom. The molecule has 0 saturated carbocycles. The zero-order valence-corrected chi connectivity index (χ0v) is 10.1. The van der Waals surface area contributed by atoms with Gasteiger partial charge in [0.25, 0.3) is 0 Å². The Kier molecular flexibility index (Phi) is 2.63. The summed E-state index contributed by atoms with van der Waals surface area (Å²) in [6.07, 6.45) is 2.07. The van der Waals surface area contributed by atoms with Gasteiger partial charge in [0.05, 0.1) is 12.0 Å². The maximum atomic E-state index is 8.89. The number of hydrogen-bond acceptors (Lipinski definition) is 2. The van der Waals surface area contributed by atoms with E-state index in [1.807, 2.05) is 19.1 Å². The van der Waals surface area contributed by atoms with Gasteiger partial charge in [0.2, 0.25) is 0 Å². The van der Waals surface area contributed by atoms with E-state index in [4.69, 9.17) is 10.00 Å². The molecule has 1 aliphatic heterocycles. The molecule has 0 bridgehead atoms. The molecular formula is C14H17NO. The molecular weight excluding hydrogens is 198 g/mol. The summed E-state index contributed by atoms with van der Waals surface area (Å²) in [5.41, 5.74) is 2.26. The van der Waals surface area contributed by atoms with Crippen molar-refractivity contribution in [3.05, 3.63) is 29.3 Å². The van der Waals surface area contributed by atoms with E-state index in [-0.39, 0.29) is 11.5 Å². The lowest BCUT2D eigenvalue weighted by molar-refractivity contribution is 0.0846. The SMILES string of the molecule is C[C@H](C#N)c1ccc2c(c1)CCC(C)(C)O2. The number of ether oxygens (including phenoxy) is 1. The standard InChI is InChI=1S/C14H17NO/c1-10(9-15)11-4-5-13-12(8-11)6-7-14(2,3)16-13/h4-5,8,10H,6-7H2,1-3H3/t10-/m1/s1. The Bertz CT molecular complexity index is 443. The smallest absolute Gasteiger partial charge is 0.123 e. The van der Waals surface area contributed by atoms with Crippen molar-refractivity contribution in [2.24, 2.45) is 0 Å². The lowest BCUT2D eigenvalue weighted by atomic mass is 9.91. The van der Waals surface area contributed by atoms with E-state index in [1.54, 1.807) is 0 Å². The number of benzene rings is 1. The van der Waals surface area contributed by atoms with Crippen LogP contribution >= 0.6 is 0 Å². The quantitative estimate of drug-likeness (QED) is 0.719. The second-order valence-electron chi connectivity index (χ2n) is 5.08. The number of hydrogen-bond donors (Lipinski definition) is 0. The highest BCUT2D eigenvalue weighted by Crippen LogP contribution is 2.34. The molecule has 0 amide bonds. The van der Waals surface area contributed by atoms with Gasteiger partial charge in [0.1, 0.15) is 11.4 Å². The summed E-state index contributed by atoms with van der Waals surface area (Å²) < 4.78 is 5.90. The Labute approximate surface area is 96.9 Å². The van der Waals surface area contributed by atoms with Crippen LogP contribution in [-0.2, 0) is 6.42 Å². The lowest BCUT2D eigenvalue weighted by Crippen LogP contribution is -2.32. The summed E-state index contributed by atoms with van der Waals surface area (Å²) >= 11 is 0. The Morgan fingerprint density at radius 2 is 2.19 bits per heavy atom. The maximum absolute atomic E-state index is 8.89. The number of nitrogens with zero attached hydrogens (tertiary/aromatic N) is 1. The maximum Gasteiger partial charge on any atom is 0.123 e. The van der Waals surface area contributed by atoms with E-state index < -0.39 is 0 Å². The number of rotatable bonds is 1. The summed E-state index contributed by atoms with van der Waals surface area (Å²) in [7, 11) is 0. The van der Waals surface area contributed by atoms with Crippen LogP contribution < -0.4 is 4.74 Å². The van der Waals surface area contributed by atoms with Crippen LogP contribution in [-0.4, -0.2) is 5.60 Å². The summed E-state index contributed by atoms with van der Waals surface area (Å²) in [5, 5.41) is 8.89. The fourth-order valence-corrected chi connectivity index (χ4v) is 2.02. The van der Waals surface area contributed by atoms with E-state index in [0.717, 1.165) is 24.2 Å². The summed E-state index contributed by atoms with van der Waals surface area (Å²) in [6.45, 7) is 6.15. The van der Waals surface area contributed by atoms with Crippen molar-refractivity contribution in [1.29, 1.82) is 5.26 Å². The summed E-state index contributed by atoms with van der Waals surface area (Å²) in [5.74, 6) is 0.936. The predicted molar refractivity (Wildman–Crippen MR) is 63.5 cm³/mol. The minimum Gasteiger partial charge on any atom is -0.488 e.